The normalized spacial score (nSPS) is 26.9. The number of fused-ring (bicyclic) bond motifs is 3. The van der Waals surface area contributed by atoms with Crippen LogP contribution in [-0.4, -0.2) is 77.0 Å². The molecule has 0 spiro atoms. The summed E-state index contributed by atoms with van der Waals surface area (Å²) in [5.41, 5.74) is 6.85. The number of aliphatic hydroxyl groups is 1. The molecule has 3 aliphatic carbocycles. The van der Waals surface area contributed by atoms with Crippen LogP contribution in [0.1, 0.15) is 33.5 Å². The Hall–Kier alpha value is -4.71. The highest BCUT2D eigenvalue weighted by atomic mass is 16.5. The van der Waals surface area contributed by atoms with Crippen LogP contribution in [0, 0.1) is 23.7 Å². The van der Waals surface area contributed by atoms with E-state index in [0.717, 1.165) is 22.4 Å². The van der Waals surface area contributed by atoms with Gasteiger partial charge >= 0.3 is 0 Å². The quantitative estimate of drug-likeness (QED) is 0.266. The number of aromatic hydroxyl groups is 1. The summed E-state index contributed by atoms with van der Waals surface area (Å²) >= 11 is 0. The fourth-order valence-corrected chi connectivity index (χ4v) is 7.77. The van der Waals surface area contributed by atoms with Crippen molar-refractivity contribution in [2.75, 3.05) is 21.2 Å². The minimum Gasteiger partial charge on any atom is -0.507 e. The minimum atomic E-state index is -2.75. The summed E-state index contributed by atoms with van der Waals surface area (Å²) in [6.45, 7) is 1.29. The van der Waals surface area contributed by atoms with Gasteiger partial charge in [-0.15, -0.1) is 0 Å². The number of ether oxygens (including phenoxy) is 1. The number of nitrogens with two attached hydrogens (primary N) is 1. The Morgan fingerprint density at radius 2 is 1.57 bits per heavy atom. The van der Waals surface area contributed by atoms with Gasteiger partial charge in [-0.2, -0.15) is 0 Å². The van der Waals surface area contributed by atoms with Crippen molar-refractivity contribution in [1.82, 2.24) is 10.2 Å². The summed E-state index contributed by atoms with van der Waals surface area (Å²) in [7, 11) is 4.74. The molecule has 244 valence electrons. The van der Waals surface area contributed by atoms with Gasteiger partial charge < -0.3 is 26.0 Å². The molecule has 3 aliphatic rings. The van der Waals surface area contributed by atoms with Crippen molar-refractivity contribution in [1.29, 1.82) is 0 Å². The van der Waals surface area contributed by atoms with Crippen LogP contribution >= 0.6 is 0 Å². The molecule has 47 heavy (non-hydrogen) atoms. The lowest BCUT2D eigenvalue weighted by Crippen LogP contribution is -2.74. The Labute approximate surface area is 271 Å². The third-order valence-corrected chi connectivity index (χ3v) is 10.0. The predicted molar refractivity (Wildman–Crippen MR) is 170 cm³/mol. The monoisotopic (exact) mass is 639 g/mol. The van der Waals surface area contributed by atoms with E-state index in [1.807, 2.05) is 48.5 Å². The van der Waals surface area contributed by atoms with Crippen LogP contribution in [0.5, 0.6) is 11.5 Å². The molecule has 3 aromatic carbocycles. The second-order valence-corrected chi connectivity index (χ2v) is 12.9. The number of amides is 1. The van der Waals surface area contributed by atoms with Crippen LogP contribution in [0.25, 0.3) is 11.1 Å². The molecule has 5 N–H and O–H groups in total. The number of carbonyl (C=O) groups excluding carboxylic acids is 5. The molecule has 1 amide bonds. The SMILES string of the molecule is COc1ccc(CNCc2ccc(-c3ccc(O)c4c3CC3CC5C(N(C)C)C(=O)C(C(N)=O)C(=O)C5(O)C(=O)C3C4=O)cc2)cc1. The van der Waals surface area contributed by atoms with Gasteiger partial charge in [-0.1, -0.05) is 42.5 Å². The van der Waals surface area contributed by atoms with Crippen LogP contribution in [0.2, 0.25) is 0 Å². The van der Waals surface area contributed by atoms with Crippen molar-refractivity contribution < 1.29 is 38.9 Å². The number of phenolic OH excluding ortho intramolecular Hbond substituents is 1. The van der Waals surface area contributed by atoms with Crippen LogP contribution in [0.15, 0.2) is 60.7 Å². The van der Waals surface area contributed by atoms with E-state index in [-0.39, 0.29) is 24.2 Å². The van der Waals surface area contributed by atoms with Crippen molar-refractivity contribution in [3.63, 3.8) is 0 Å². The number of carbonyl (C=O) groups is 5. The first kappa shape index (κ1) is 32.2. The van der Waals surface area contributed by atoms with Gasteiger partial charge in [-0.25, -0.2) is 0 Å². The molecule has 0 bridgehead atoms. The topological polar surface area (TPSA) is 176 Å². The van der Waals surface area contributed by atoms with Crippen LogP contribution in [0.4, 0.5) is 0 Å². The molecular weight excluding hydrogens is 602 g/mol. The van der Waals surface area contributed by atoms with Crippen molar-refractivity contribution in [3.05, 3.63) is 82.9 Å². The zero-order valence-electron chi connectivity index (χ0n) is 26.4. The van der Waals surface area contributed by atoms with Gasteiger partial charge in [0.1, 0.15) is 11.5 Å². The summed E-state index contributed by atoms with van der Waals surface area (Å²) in [5, 5.41) is 26.0. The highest BCUT2D eigenvalue weighted by molar-refractivity contribution is 6.32. The molecule has 3 aromatic rings. The second-order valence-electron chi connectivity index (χ2n) is 12.9. The third kappa shape index (κ3) is 5.24. The number of likely N-dealkylation sites (N-methyl/N-ethyl adjacent to an activating group) is 1. The number of Topliss-reactive ketones (excluding diaryl/α,β-unsaturated/α-hetero) is 4. The molecule has 6 rings (SSSR count). The Morgan fingerprint density at radius 1 is 0.957 bits per heavy atom. The van der Waals surface area contributed by atoms with Gasteiger partial charge in [0.2, 0.25) is 5.91 Å². The smallest absolute Gasteiger partial charge is 0.235 e. The number of phenols is 1. The van der Waals surface area contributed by atoms with E-state index in [4.69, 9.17) is 10.5 Å². The van der Waals surface area contributed by atoms with E-state index >= 15 is 0 Å². The van der Waals surface area contributed by atoms with Crippen LogP contribution in [0.3, 0.4) is 0 Å². The average Bonchev–Trinajstić information content (AvgIpc) is 3.03. The van der Waals surface area contributed by atoms with Crippen LogP contribution in [-0.2, 0) is 38.7 Å². The van der Waals surface area contributed by atoms with E-state index in [9.17, 15) is 34.2 Å². The van der Waals surface area contributed by atoms with Gasteiger partial charge in [0.15, 0.2) is 34.7 Å². The minimum absolute atomic E-state index is 0.00219. The molecule has 6 unspecified atom stereocenters. The maximum atomic E-state index is 14.0. The summed E-state index contributed by atoms with van der Waals surface area (Å²) < 4.78 is 5.21. The zero-order chi connectivity index (χ0) is 33.8. The number of rotatable bonds is 8. The second kappa shape index (κ2) is 12.1. The molecule has 2 fully saturated rings. The molecule has 0 heterocycles. The van der Waals surface area contributed by atoms with E-state index in [0.29, 0.717) is 24.2 Å². The van der Waals surface area contributed by atoms with Gasteiger partial charge in [-0.3, -0.25) is 28.9 Å². The lowest BCUT2D eigenvalue weighted by Gasteiger charge is -2.52. The Morgan fingerprint density at radius 3 is 2.15 bits per heavy atom. The number of nitrogens with zero attached hydrogens (tertiary/aromatic N) is 1. The number of hydrogen-bond donors (Lipinski definition) is 4. The standard InChI is InChI=1S/C36H37N3O8/c1-39(2)30-25-15-21-14-24-23(20-8-4-18(5-9-20)16-38-17-19-6-10-22(47-3)11-7-19)12-13-26(40)28(24)31(41)27(21)33(43)36(25,46)34(44)29(32(30)42)35(37)45/h4-13,21,25,27,29-30,38,40,46H,14-17H2,1-3H3,(H2,37,45). The lowest BCUT2D eigenvalue weighted by molar-refractivity contribution is -0.181. The summed E-state index contributed by atoms with van der Waals surface area (Å²) in [5.74, 6) is -9.84. The molecule has 6 atom stereocenters. The fraction of sp³-hybridized carbons (Fsp3) is 0.361. The predicted octanol–water partition coefficient (Wildman–Crippen LogP) is 1.83. The molecular formula is C36H37N3O8. The first-order valence-corrected chi connectivity index (χ1v) is 15.5. The number of ketones is 4. The third-order valence-electron chi connectivity index (χ3n) is 10.0. The average molecular weight is 640 g/mol. The number of primary amides is 1. The van der Waals surface area contributed by atoms with Gasteiger partial charge in [-0.05, 0) is 78.9 Å². The van der Waals surface area contributed by atoms with Gasteiger partial charge in [0.25, 0.3) is 0 Å². The van der Waals surface area contributed by atoms with Crippen molar-refractivity contribution in [2.24, 2.45) is 29.4 Å². The highest BCUT2D eigenvalue weighted by Crippen LogP contribution is 2.51. The maximum Gasteiger partial charge on any atom is 0.235 e. The number of benzene rings is 3. The van der Waals surface area contributed by atoms with E-state index in [1.165, 1.54) is 11.0 Å². The zero-order valence-corrected chi connectivity index (χ0v) is 26.4. The summed E-state index contributed by atoms with van der Waals surface area (Å²) in [4.78, 5) is 68.5. The molecule has 0 radical (unpaired) electrons. The molecule has 11 heteroatoms. The molecule has 0 saturated heterocycles. The first-order valence-electron chi connectivity index (χ1n) is 15.5. The molecule has 11 nitrogen and oxygen atoms in total. The maximum absolute atomic E-state index is 14.0. The van der Waals surface area contributed by atoms with Gasteiger partial charge in [0, 0.05) is 19.0 Å². The van der Waals surface area contributed by atoms with Crippen molar-refractivity contribution >= 4 is 29.0 Å². The van der Waals surface area contributed by atoms with E-state index < -0.39 is 64.4 Å². The molecule has 0 aromatic heterocycles. The van der Waals surface area contributed by atoms with E-state index in [1.54, 1.807) is 27.3 Å². The number of methoxy groups -OCH3 is 1. The fourth-order valence-electron chi connectivity index (χ4n) is 7.77. The van der Waals surface area contributed by atoms with Crippen molar-refractivity contribution in [2.45, 2.75) is 37.6 Å². The number of nitrogens with one attached hydrogen (secondary N) is 1. The lowest BCUT2D eigenvalue weighted by atomic mass is 9.52. The summed E-state index contributed by atoms with van der Waals surface area (Å²) in [6, 6.07) is 17.6. The van der Waals surface area contributed by atoms with Gasteiger partial charge in [0.05, 0.1) is 24.6 Å². The van der Waals surface area contributed by atoms with E-state index in [2.05, 4.69) is 5.32 Å². The Kier molecular flexibility index (Phi) is 8.33. The Balaban J connectivity index is 1.28. The highest BCUT2D eigenvalue weighted by Gasteiger charge is 2.69. The molecule has 0 aliphatic heterocycles. The largest absolute Gasteiger partial charge is 0.507 e. The number of hydrogen-bond acceptors (Lipinski definition) is 10. The first-order chi connectivity index (χ1) is 22.4. The summed E-state index contributed by atoms with van der Waals surface area (Å²) in [6.07, 6.45) is 0.193. The Bertz CT molecular complexity index is 1780. The van der Waals surface area contributed by atoms with Crippen molar-refractivity contribution in [3.8, 4) is 22.6 Å². The van der Waals surface area contributed by atoms with Crippen LogP contribution < -0.4 is 15.8 Å². The molecule has 2 saturated carbocycles.